The highest BCUT2D eigenvalue weighted by molar-refractivity contribution is 5.78. The normalized spacial score (nSPS) is 33.1. The van der Waals surface area contributed by atoms with Gasteiger partial charge >= 0.3 is 0 Å². The molecule has 0 aromatic carbocycles. The van der Waals surface area contributed by atoms with E-state index < -0.39 is 0 Å². The molecule has 2 saturated heterocycles. The molecule has 4 nitrogen and oxygen atoms in total. The largest absolute Gasteiger partial charge is 0.378 e. The van der Waals surface area contributed by atoms with E-state index >= 15 is 0 Å². The number of hydrogen-bond acceptors (Lipinski definition) is 3. The Balaban J connectivity index is 1.87. The van der Waals surface area contributed by atoms with Gasteiger partial charge in [-0.25, -0.2) is 0 Å². The standard InChI is InChI=1S/C11H16N2O2/c1-2-15-11-8-5-9(11)7-13(6-8)10(14)3-4-12/h8-9,11H,2-3,5-7H2,1H3. The lowest BCUT2D eigenvalue weighted by Gasteiger charge is -2.52. The number of nitriles is 1. The first-order valence-corrected chi connectivity index (χ1v) is 5.52. The average molecular weight is 208 g/mol. The Hall–Kier alpha value is -1.08. The molecular formula is C11H16N2O2. The minimum Gasteiger partial charge on any atom is -0.378 e. The van der Waals surface area contributed by atoms with E-state index in [1.165, 1.54) is 6.42 Å². The van der Waals surface area contributed by atoms with E-state index in [0.29, 0.717) is 17.9 Å². The zero-order valence-electron chi connectivity index (χ0n) is 8.98. The second-order valence-electron chi connectivity index (χ2n) is 4.31. The average Bonchev–Trinajstić information content (AvgIpc) is 2.26. The van der Waals surface area contributed by atoms with Gasteiger partial charge in [-0.1, -0.05) is 0 Å². The highest BCUT2D eigenvalue weighted by Gasteiger charge is 2.48. The molecule has 4 heteroatoms. The molecule has 2 unspecified atom stereocenters. The molecule has 3 fully saturated rings. The van der Waals surface area contributed by atoms with Crippen molar-refractivity contribution in [2.75, 3.05) is 19.7 Å². The number of carbonyl (C=O) groups excluding carboxylic acids is 1. The second kappa shape index (κ2) is 4.19. The van der Waals surface area contributed by atoms with Crippen LogP contribution in [0.1, 0.15) is 19.8 Å². The molecule has 15 heavy (non-hydrogen) atoms. The summed E-state index contributed by atoms with van der Waals surface area (Å²) in [5, 5.41) is 8.46. The van der Waals surface area contributed by atoms with Crippen LogP contribution in [0.2, 0.25) is 0 Å². The number of rotatable bonds is 3. The van der Waals surface area contributed by atoms with Crippen LogP contribution in [0.3, 0.4) is 0 Å². The van der Waals surface area contributed by atoms with Crippen LogP contribution in [0.15, 0.2) is 0 Å². The molecule has 0 aromatic heterocycles. The van der Waals surface area contributed by atoms with Crippen molar-refractivity contribution in [2.24, 2.45) is 11.8 Å². The summed E-state index contributed by atoms with van der Waals surface area (Å²) in [7, 11) is 0. The zero-order valence-corrected chi connectivity index (χ0v) is 8.98. The van der Waals surface area contributed by atoms with Gasteiger partial charge in [0.1, 0.15) is 6.42 Å². The molecule has 82 valence electrons. The van der Waals surface area contributed by atoms with Gasteiger partial charge in [-0.2, -0.15) is 5.26 Å². The van der Waals surface area contributed by atoms with Crippen LogP contribution >= 0.6 is 0 Å². The van der Waals surface area contributed by atoms with Gasteiger partial charge in [-0.15, -0.1) is 0 Å². The first-order valence-electron chi connectivity index (χ1n) is 5.52. The number of hydrogen-bond donors (Lipinski definition) is 0. The summed E-state index contributed by atoms with van der Waals surface area (Å²) >= 11 is 0. The quantitative estimate of drug-likeness (QED) is 0.688. The third kappa shape index (κ3) is 1.84. The molecule has 2 aliphatic heterocycles. The van der Waals surface area contributed by atoms with E-state index in [2.05, 4.69) is 0 Å². The summed E-state index contributed by atoms with van der Waals surface area (Å²) in [5.41, 5.74) is 0. The molecule has 1 amide bonds. The molecule has 0 radical (unpaired) electrons. The molecule has 1 saturated carbocycles. The Morgan fingerprint density at radius 3 is 2.73 bits per heavy atom. The number of piperidine rings is 2. The van der Waals surface area contributed by atoms with E-state index in [1.54, 1.807) is 0 Å². The molecule has 3 aliphatic rings. The Morgan fingerprint density at radius 1 is 1.53 bits per heavy atom. The summed E-state index contributed by atoms with van der Waals surface area (Å²) in [6, 6.07) is 1.91. The third-order valence-electron chi connectivity index (χ3n) is 3.39. The molecule has 0 aromatic rings. The van der Waals surface area contributed by atoms with Gasteiger partial charge in [-0.3, -0.25) is 4.79 Å². The van der Waals surface area contributed by atoms with E-state index in [-0.39, 0.29) is 12.3 Å². The molecule has 0 N–H and O–H groups in total. The zero-order chi connectivity index (χ0) is 10.8. The summed E-state index contributed by atoms with van der Waals surface area (Å²) in [5.74, 6) is 0.986. The minimum absolute atomic E-state index is 0.0126. The minimum atomic E-state index is -0.0258. The number of fused-ring (bicyclic) bond motifs is 2. The van der Waals surface area contributed by atoms with Crippen molar-refractivity contribution in [3.63, 3.8) is 0 Å². The van der Waals surface area contributed by atoms with E-state index in [9.17, 15) is 4.79 Å². The number of ether oxygens (including phenoxy) is 1. The first kappa shape index (κ1) is 10.4. The van der Waals surface area contributed by atoms with Crippen molar-refractivity contribution in [3.05, 3.63) is 0 Å². The highest BCUT2D eigenvalue weighted by Crippen LogP contribution is 2.42. The summed E-state index contributed by atoms with van der Waals surface area (Å²) in [4.78, 5) is 13.3. The Morgan fingerprint density at radius 2 is 2.20 bits per heavy atom. The summed E-state index contributed by atoms with van der Waals surface area (Å²) in [6.45, 7) is 4.32. The molecule has 2 bridgehead atoms. The van der Waals surface area contributed by atoms with Crippen molar-refractivity contribution >= 4 is 5.91 Å². The van der Waals surface area contributed by atoms with Crippen molar-refractivity contribution in [2.45, 2.75) is 25.9 Å². The maximum Gasteiger partial charge on any atom is 0.236 e. The maximum absolute atomic E-state index is 11.5. The number of amides is 1. The number of carbonyl (C=O) groups is 1. The fourth-order valence-corrected chi connectivity index (χ4v) is 2.69. The highest BCUT2D eigenvalue weighted by atomic mass is 16.5. The lowest BCUT2D eigenvalue weighted by atomic mass is 9.68. The number of nitrogens with zero attached hydrogens (tertiary/aromatic N) is 2. The van der Waals surface area contributed by atoms with Gasteiger partial charge < -0.3 is 9.64 Å². The third-order valence-corrected chi connectivity index (χ3v) is 3.39. The van der Waals surface area contributed by atoms with Crippen LogP contribution in [0.4, 0.5) is 0 Å². The fourth-order valence-electron chi connectivity index (χ4n) is 2.69. The first-order chi connectivity index (χ1) is 7.26. The van der Waals surface area contributed by atoms with Crippen molar-refractivity contribution < 1.29 is 9.53 Å². The van der Waals surface area contributed by atoms with Gasteiger partial charge in [0.25, 0.3) is 0 Å². The predicted molar refractivity (Wildman–Crippen MR) is 53.8 cm³/mol. The van der Waals surface area contributed by atoms with Crippen LogP contribution in [0, 0.1) is 23.2 Å². The van der Waals surface area contributed by atoms with E-state index in [4.69, 9.17) is 10.00 Å². The topological polar surface area (TPSA) is 53.3 Å². The van der Waals surface area contributed by atoms with E-state index in [1.807, 2.05) is 17.9 Å². The van der Waals surface area contributed by atoms with Gasteiger partial charge in [0.15, 0.2) is 0 Å². The monoisotopic (exact) mass is 208 g/mol. The van der Waals surface area contributed by atoms with Crippen LogP contribution < -0.4 is 0 Å². The van der Waals surface area contributed by atoms with Gasteiger partial charge in [0.2, 0.25) is 5.91 Å². The lowest BCUT2D eigenvalue weighted by Crippen LogP contribution is -2.60. The molecule has 3 rings (SSSR count). The molecule has 1 aliphatic carbocycles. The Bertz CT molecular complexity index is 285. The smallest absolute Gasteiger partial charge is 0.236 e. The van der Waals surface area contributed by atoms with Crippen LogP contribution in [-0.2, 0) is 9.53 Å². The predicted octanol–water partition coefficient (Wildman–Crippen LogP) is 0.783. The van der Waals surface area contributed by atoms with Gasteiger partial charge in [-0.05, 0) is 13.3 Å². The summed E-state index contributed by atoms with van der Waals surface area (Å²) in [6.07, 6.45) is 1.56. The van der Waals surface area contributed by atoms with Crippen LogP contribution in [0.5, 0.6) is 0 Å². The van der Waals surface area contributed by atoms with Crippen molar-refractivity contribution in [1.82, 2.24) is 4.90 Å². The lowest BCUT2D eigenvalue weighted by molar-refractivity contribution is -0.160. The maximum atomic E-state index is 11.5. The SMILES string of the molecule is CCOC1C2CC1CN(C(=O)CC#N)C2. The van der Waals surface area contributed by atoms with Crippen LogP contribution in [0.25, 0.3) is 0 Å². The van der Waals surface area contributed by atoms with Gasteiger partial charge in [0, 0.05) is 31.5 Å². The molecule has 2 heterocycles. The van der Waals surface area contributed by atoms with Crippen molar-refractivity contribution in [1.29, 1.82) is 5.26 Å². The Kier molecular flexibility index (Phi) is 2.92. The summed E-state index contributed by atoms with van der Waals surface area (Å²) < 4.78 is 5.63. The fraction of sp³-hybridized carbons (Fsp3) is 0.818. The molecule has 2 atom stereocenters. The second-order valence-corrected chi connectivity index (χ2v) is 4.31. The Labute approximate surface area is 89.8 Å². The van der Waals surface area contributed by atoms with Gasteiger partial charge in [0.05, 0.1) is 12.2 Å². The molecular weight excluding hydrogens is 192 g/mol. The van der Waals surface area contributed by atoms with Crippen LogP contribution in [-0.4, -0.2) is 36.6 Å². The molecule has 0 spiro atoms. The van der Waals surface area contributed by atoms with E-state index in [0.717, 1.165) is 19.7 Å². The van der Waals surface area contributed by atoms with Crippen molar-refractivity contribution in [3.8, 4) is 6.07 Å².